The Morgan fingerprint density at radius 1 is 1.03 bits per heavy atom. The fourth-order valence-corrected chi connectivity index (χ4v) is 5.30. The number of aromatic nitrogens is 2. The standard InChI is InChI=1S/C32H31FN4O/c33-26-8-6-25(7-9-26)31-30(24-12-16-34-17-13-24)28(21-35-31)23-14-18-37(19-15-23)29(32(38)36-27-10-11-27)20-22-4-2-1-3-5-22/h1-9,12-14,16-17,21,27,29,35H,10-11,15,18-20H2,(H,36,38). The molecule has 5 nitrogen and oxygen atoms in total. The Balaban J connectivity index is 1.29. The molecular formula is C32H31FN4O. The summed E-state index contributed by atoms with van der Waals surface area (Å²) in [5, 5.41) is 3.23. The van der Waals surface area contributed by atoms with Gasteiger partial charge in [-0.2, -0.15) is 0 Å². The summed E-state index contributed by atoms with van der Waals surface area (Å²) in [7, 11) is 0. The molecule has 2 aliphatic rings. The van der Waals surface area contributed by atoms with Gasteiger partial charge in [0.15, 0.2) is 0 Å². The molecule has 38 heavy (non-hydrogen) atoms. The molecule has 0 spiro atoms. The van der Waals surface area contributed by atoms with Crippen molar-refractivity contribution in [3.8, 4) is 22.4 Å². The van der Waals surface area contributed by atoms with Gasteiger partial charge in [-0.15, -0.1) is 0 Å². The first kappa shape index (κ1) is 24.3. The monoisotopic (exact) mass is 506 g/mol. The molecule has 6 rings (SSSR count). The maximum atomic E-state index is 13.6. The number of nitrogens with zero attached hydrogens (tertiary/aromatic N) is 2. The first-order valence-electron chi connectivity index (χ1n) is 13.3. The molecule has 4 aromatic rings. The van der Waals surface area contributed by atoms with Crippen molar-refractivity contribution >= 4 is 11.5 Å². The molecule has 1 fully saturated rings. The zero-order chi connectivity index (χ0) is 25.9. The summed E-state index contributed by atoms with van der Waals surface area (Å²) in [5.41, 5.74) is 7.60. The zero-order valence-electron chi connectivity index (χ0n) is 21.2. The van der Waals surface area contributed by atoms with E-state index in [4.69, 9.17) is 0 Å². The van der Waals surface area contributed by atoms with Crippen LogP contribution in [0.15, 0.2) is 91.4 Å². The minimum absolute atomic E-state index is 0.130. The van der Waals surface area contributed by atoms with E-state index in [-0.39, 0.29) is 17.8 Å². The second-order valence-electron chi connectivity index (χ2n) is 10.2. The number of aromatic amines is 1. The molecule has 6 heteroatoms. The minimum atomic E-state index is -0.253. The van der Waals surface area contributed by atoms with Crippen molar-refractivity contribution in [1.29, 1.82) is 0 Å². The quantitative estimate of drug-likeness (QED) is 0.315. The Morgan fingerprint density at radius 3 is 2.47 bits per heavy atom. The second kappa shape index (κ2) is 10.8. The van der Waals surface area contributed by atoms with Crippen LogP contribution in [0.3, 0.4) is 0 Å². The zero-order valence-corrected chi connectivity index (χ0v) is 21.2. The van der Waals surface area contributed by atoms with Crippen molar-refractivity contribution in [3.05, 3.63) is 108 Å². The van der Waals surface area contributed by atoms with Gasteiger partial charge in [-0.05, 0) is 84.3 Å². The fraction of sp³-hybridized carbons (Fsp3) is 0.250. The number of hydrogen-bond acceptors (Lipinski definition) is 3. The van der Waals surface area contributed by atoms with Crippen LogP contribution in [0.1, 0.15) is 30.4 Å². The number of nitrogens with one attached hydrogen (secondary N) is 2. The molecule has 0 bridgehead atoms. The van der Waals surface area contributed by atoms with Gasteiger partial charge in [0.05, 0.1) is 11.7 Å². The summed E-state index contributed by atoms with van der Waals surface area (Å²) in [4.78, 5) is 23.2. The van der Waals surface area contributed by atoms with Crippen LogP contribution in [0.25, 0.3) is 28.0 Å². The molecule has 2 N–H and O–H groups in total. The Morgan fingerprint density at radius 2 is 1.79 bits per heavy atom. The Bertz CT molecular complexity index is 1430. The summed E-state index contributed by atoms with van der Waals surface area (Å²) < 4.78 is 13.6. The SMILES string of the molecule is O=C(NC1CC1)C(Cc1ccccc1)N1CC=C(c2c[nH]c(-c3ccc(F)cc3)c2-c2ccncc2)CC1. The Hall–Kier alpha value is -4.03. The topological polar surface area (TPSA) is 61.0 Å². The van der Waals surface area contributed by atoms with Gasteiger partial charge >= 0.3 is 0 Å². The smallest absolute Gasteiger partial charge is 0.237 e. The van der Waals surface area contributed by atoms with Gasteiger partial charge in [0.1, 0.15) is 5.82 Å². The molecule has 192 valence electrons. The molecule has 3 heterocycles. The highest BCUT2D eigenvalue weighted by Crippen LogP contribution is 2.39. The van der Waals surface area contributed by atoms with E-state index < -0.39 is 0 Å². The largest absolute Gasteiger partial charge is 0.360 e. The van der Waals surface area contributed by atoms with Gasteiger partial charge in [-0.3, -0.25) is 14.7 Å². The lowest BCUT2D eigenvalue weighted by Gasteiger charge is -2.33. The molecular weight excluding hydrogens is 475 g/mol. The summed E-state index contributed by atoms with van der Waals surface area (Å²) in [6, 6.07) is 21.0. The van der Waals surface area contributed by atoms with Crippen LogP contribution in [0.2, 0.25) is 0 Å². The summed E-state index contributed by atoms with van der Waals surface area (Å²) in [5.74, 6) is -0.122. The predicted molar refractivity (Wildman–Crippen MR) is 149 cm³/mol. The molecule has 1 unspecified atom stereocenters. The highest BCUT2D eigenvalue weighted by atomic mass is 19.1. The van der Waals surface area contributed by atoms with Crippen molar-refractivity contribution in [2.45, 2.75) is 37.8 Å². The van der Waals surface area contributed by atoms with Crippen molar-refractivity contribution < 1.29 is 9.18 Å². The number of rotatable bonds is 8. The van der Waals surface area contributed by atoms with E-state index in [1.54, 1.807) is 24.5 Å². The highest BCUT2D eigenvalue weighted by Gasteiger charge is 2.32. The third kappa shape index (κ3) is 5.31. The minimum Gasteiger partial charge on any atom is -0.360 e. The normalized spacial score (nSPS) is 16.6. The molecule has 0 radical (unpaired) electrons. The third-order valence-electron chi connectivity index (χ3n) is 7.51. The Labute approximate surface area is 222 Å². The van der Waals surface area contributed by atoms with Gasteiger partial charge in [-0.1, -0.05) is 36.4 Å². The van der Waals surface area contributed by atoms with Gasteiger partial charge in [-0.25, -0.2) is 4.39 Å². The third-order valence-corrected chi connectivity index (χ3v) is 7.51. The summed E-state index contributed by atoms with van der Waals surface area (Å²) in [6.45, 7) is 1.51. The van der Waals surface area contributed by atoms with Crippen LogP contribution < -0.4 is 5.32 Å². The molecule has 1 atom stereocenters. The Kier molecular flexibility index (Phi) is 6.88. The van der Waals surface area contributed by atoms with E-state index in [2.05, 4.69) is 44.6 Å². The van der Waals surface area contributed by atoms with Crippen LogP contribution in [0.5, 0.6) is 0 Å². The maximum Gasteiger partial charge on any atom is 0.237 e. The van der Waals surface area contributed by atoms with Crippen molar-refractivity contribution in [2.75, 3.05) is 13.1 Å². The first-order chi connectivity index (χ1) is 18.7. The van der Waals surface area contributed by atoms with E-state index in [0.29, 0.717) is 19.0 Å². The molecule has 1 aliphatic carbocycles. The molecule has 1 aliphatic heterocycles. The van der Waals surface area contributed by atoms with Crippen molar-refractivity contribution in [2.24, 2.45) is 0 Å². The van der Waals surface area contributed by atoms with E-state index in [1.165, 1.54) is 23.3 Å². The lowest BCUT2D eigenvalue weighted by Crippen LogP contribution is -2.50. The molecule has 1 amide bonds. The number of benzene rings is 2. The molecule has 0 saturated heterocycles. The first-order valence-corrected chi connectivity index (χ1v) is 13.3. The average Bonchev–Trinajstić information content (AvgIpc) is 3.67. The predicted octanol–water partition coefficient (Wildman–Crippen LogP) is 5.86. The van der Waals surface area contributed by atoms with Crippen molar-refractivity contribution in [1.82, 2.24) is 20.2 Å². The van der Waals surface area contributed by atoms with Crippen LogP contribution in [0.4, 0.5) is 4.39 Å². The van der Waals surface area contributed by atoms with Crippen LogP contribution in [0, 0.1) is 5.82 Å². The van der Waals surface area contributed by atoms with E-state index >= 15 is 0 Å². The van der Waals surface area contributed by atoms with E-state index in [9.17, 15) is 9.18 Å². The van der Waals surface area contributed by atoms with Gasteiger partial charge < -0.3 is 10.3 Å². The number of amides is 1. The van der Waals surface area contributed by atoms with Crippen LogP contribution in [-0.2, 0) is 11.2 Å². The molecule has 2 aromatic heterocycles. The number of pyridine rings is 1. The lowest BCUT2D eigenvalue weighted by molar-refractivity contribution is -0.126. The van der Waals surface area contributed by atoms with Gasteiger partial charge in [0.25, 0.3) is 0 Å². The number of carbonyl (C=O) groups excluding carboxylic acids is 1. The average molecular weight is 507 g/mol. The van der Waals surface area contributed by atoms with Crippen LogP contribution in [-0.4, -0.2) is 45.9 Å². The number of halogens is 1. The van der Waals surface area contributed by atoms with E-state index in [1.807, 2.05) is 30.3 Å². The second-order valence-corrected chi connectivity index (χ2v) is 10.2. The van der Waals surface area contributed by atoms with Crippen molar-refractivity contribution in [3.63, 3.8) is 0 Å². The highest BCUT2D eigenvalue weighted by molar-refractivity contribution is 5.91. The van der Waals surface area contributed by atoms with Gasteiger partial charge in [0, 0.05) is 48.8 Å². The number of hydrogen-bond donors (Lipinski definition) is 2. The van der Waals surface area contributed by atoms with Crippen LogP contribution >= 0.6 is 0 Å². The number of H-pyrrole nitrogens is 1. The lowest BCUT2D eigenvalue weighted by atomic mass is 9.91. The maximum absolute atomic E-state index is 13.6. The number of carbonyl (C=O) groups is 1. The molecule has 1 saturated carbocycles. The van der Waals surface area contributed by atoms with Gasteiger partial charge in [0.2, 0.25) is 5.91 Å². The summed E-state index contributed by atoms with van der Waals surface area (Å²) in [6.07, 6.45) is 11.6. The van der Waals surface area contributed by atoms with E-state index in [0.717, 1.165) is 53.8 Å². The summed E-state index contributed by atoms with van der Waals surface area (Å²) >= 11 is 0. The fourth-order valence-electron chi connectivity index (χ4n) is 5.30. The molecule has 2 aromatic carbocycles.